The Morgan fingerprint density at radius 2 is 1.93 bits per heavy atom. The highest BCUT2D eigenvalue weighted by molar-refractivity contribution is 6.32. The maximum atomic E-state index is 12.4. The van der Waals surface area contributed by atoms with Gasteiger partial charge >= 0.3 is 5.97 Å². The fourth-order valence-electron chi connectivity index (χ4n) is 2.95. The molecule has 8 heteroatoms. The Hall–Kier alpha value is -2.67. The van der Waals surface area contributed by atoms with Gasteiger partial charge in [0.2, 0.25) is 5.91 Å². The highest BCUT2D eigenvalue weighted by Crippen LogP contribution is 2.22. The van der Waals surface area contributed by atoms with E-state index in [0.717, 1.165) is 16.0 Å². The first kappa shape index (κ1) is 19.1. The maximum Gasteiger partial charge on any atom is 0.343 e. The number of hydrogen-bond acceptors (Lipinski definition) is 5. The molecule has 3 rings (SSSR count). The number of carbonyl (C=O) groups excluding carboxylic acids is 3. The van der Waals surface area contributed by atoms with E-state index in [0.29, 0.717) is 31.6 Å². The number of aryl methyl sites for hydroxylation is 2. The first-order chi connectivity index (χ1) is 12.9. The summed E-state index contributed by atoms with van der Waals surface area (Å²) in [6, 6.07) is 7.90. The van der Waals surface area contributed by atoms with Crippen LogP contribution in [0.2, 0.25) is 5.15 Å². The molecule has 1 saturated heterocycles. The number of ether oxygens (including phenoxy) is 1. The zero-order valence-corrected chi connectivity index (χ0v) is 16.0. The number of hydrogen-bond donors (Lipinski definition) is 0. The van der Waals surface area contributed by atoms with E-state index in [1.807, 2.05) is 31.2 Å². The molecule has 1 aliphatic rings. The van der Waals surface area contributed by atoms with Crippen LogP contribution in [-0.2, 0) is 20.9 Å². The fourth-order valence-corrected chi connectivity index (χ4v) is 3.26. The van der Waals surface area contributed by atoms with E-state index < -0.39 is 18.5 Å². The molecule has 2 amide bonds. The van der Waals surface area contributed by atoms with E-state index in [2.05, 4.69) is 5.10 Å². The number of carbonyl (C=O) groups is 3. The van der Waals surface area contributed by atoms with Crippen molar-refractivity contribution >= 4 is 29.4 Å². The summed E-state index contributed by atoms with van der Waals surface area (Å²) in [6.45, 7) is 3.93. The summed E-state index contributed by atoms with van der Waals surface area (Å²) in [7, 11) is 0. The summed E-state index contributed by atoms with van der Waals surface area (Å²) in [5.41, 5.74) is 2.69. The Morgan fingerprint density at radius 1 is 1.22 bits per heavy atom. The van der Waals surface area contributed by atoms with Crippen LogP contribution in [0.4, 0.5) is 0 Å². The second-order valence-corrected chi connectivity index (χ2v) is 6.87. The third kappa shape index (κ3) is 4.19. The number of esters is 1. The molecule has 1 fully saturated rings. The van der Waals surface area contributed by atoms with E-state index in [1.165, 1.54) is 4.68 Å². The van der Waals surface area contributed by atoms with Crippen molar-refractivity contribution in [2.75, 3.05) is 13.2 Å². The van der Waals surface area contributed by atoms with E-state index in [4.69, 9.17) is 16.3 Å². The van der Waals surface area contributed by atoms with Gasteiger partial charge in [0.25, 0.3) is 5.91 Å². The maximum absolute atomic E-state index is 12.4. The molecule has 0 unspecified atom stereocenters. The van der Waals surface area contributed by atoms with Gasteiger partial charge in [-0.2, -0.15) is 5.10 Å². The van der Waals surface area contributed by atoms with Crippen molar-refractivity contribution in [1.29, 1.82) is 0 Å². The van der Waals surface area contributed by atoms with E-state index in [-0.39, 0.29) is 16.6 Å². The van der Waals surface area contributed by atoms with Crippen molar-refractivity contribution in [1.82, 2.24) is 14.7 Å². The summed E-state index contributed by atoms with van der Waals surface area (Å²) in [4.78, 5) is 37.1. The largest absolute Gasteiger partial charge is 0.452 e. The van der Waals surface area contributed by atoms with Gasteiger partial charge in [-0.25, -0.2) is 9.48 Å². The van der Waals surface area contributed by atoms with Crippen LogP contribution in [0.3, 0.4) is 0 Å². The Kier molecular flexibility index (Phi) is 5.60. The molecular weight excluding hydrogens is 370 g/mol. The second-order valence-electron chi connectivity index (χ2n) is 6.51. The van der Waals surface area contributed by atoms with E-state index >= 15 is 0 Å². The van der Waals surface area contributed by atoms with Crippen molar-refractivity contribution in [3.8, 4) is 0 Å². The van der Waals surface area contributed by atoms with E-state index in [1.54, 1.807) is 6.92 Å². The summed E-state index contributed by atoms with van der Waals surface area (Å²) >= 11 is 6.32. The fraction of sp³-hybridized carbons (Fsp3) is 0.368. The molecular formula is C19H20ClN3O4. The van der Waals surface area contributed by atoms with Crippen molar-refractivity contribution in [2.45, 2.75) is 33.2 Å². The zero-order valence-electron chi connectivity index (χ0n) is 15.2. The van der Waals surface area contributed by atoms with Crippen LogP contribution < -0.4 is 0 Å². The minimum atomic E-state index is -0.729. The molecule has 0 spiro atoms. The molecule has 0 radical (unpaired) electrons. The van der Waals surface area contributed by atoms with E-state index in [9.17, 15) is 14.4 Å². The molecule has 0 atom stereocenters. The lowest BCUT2D eigenvalue weighted by Crippen LogP contribution is -2.35. The van der Waals surface area contributed by atoms with Crippen LogP contribution in [0.25, 0.3) is 0 Å². The quantitative estimate of drug-likeness (QED) is 0.734. The summed E-state index contributed by atoms with van der Waals surface area (Å²) in [5.74, 6) is -1.49. The summed E-state index contributed by atoms with van der Waals surface area (Å²) < 4.78 is 6.59. The van der Waals surface area contributed by atoms with Crippen LogP contribution in [0, 0.1) is 13.8 Å². The van der Waals surface area contributed by atoms with Gasteiger partial charge < -0.3 is 4.74 Å². The predicted molar refractivity (Wildman–Crippen MR) is 98.5 cm³/mol. The van der Waals surface area contributed by atoms with Gasteiger partial charge in [0.1, 0.15) is 10.7 Å². The standard InChI is InChI=1S/C19H20ClN3O4/c1-12-5-7-14(8-6-12)10-23-18(20)17(13(2)21-23)19(26)27-11-16(25)22-9-3-4-15(22)24/h5-8H,3-4,9-11H2,1-2H3. The number of rotatable bonds is 5. The average molecular weight is 390 g/mol. The van der Waals surface area contributed by atoms with Gasteiger partial charge in [-0.3, -0.25) is 14.5 Å². The third-order valence-electron chi connectivity index (χ3n) is 4.42. The minimum Gasteiger partial charge on any atom is -0.452 e. The number of imide groups is 1. The SMILES string of the molecule is Cc1ccc(Cn2nc(C)c(C(=O)OCC(=O)N3CCCC3=O)c2Cl)cc1. The molecule has 142 valence electrons. The number of nitrogens with zero attached hydrogens (tertiary/aromatic N) is 3. The monoisotopic (exact) mass is 389 g/mol. The van der Waals surface area contributed by atoms with Gasteiger partial charge in [0, 0.05) is 13.0 Å². The molecule has 27 heavy (non-hydrogen) atoms. The second kappa shape index (κ2) is 7.92. The van der Waals surface area contributed by atoms with Crippen molar-refractivity contribution in [3.63, 3.8) is 0 Å². The van der Waals surface area contributed by atoms with Crippen molar-refractivity contribution < 1.29 is 19.1 Å². The molecule has 0 aliphatic carbocycles. The molecule has 0 bridgehead atoms. The Bertz CT molecular complexity index is 889. The zero-order chi connectivity index (χ0) is 19.6. The number of benzene rings is 1. The van der Waals surface area contributed by atoms with Crippen molar-refractivity contribution in [2.24, 2.45) is 0 Å². The molecule has 1 aromatic carbocycles. The Morgan fingerprint density at radius 3 is 2.56 bits per heavy atom. The summed E-state index contributed by atoms with van der Waals surface area (Å²) in [6.07, 6.45) is 0.978. The Labute approximate surface area is 161 Å². The Balaban J connectivity index is 1.68. The van der Waals surface area contributed by atoms with Gasteiger partial charge in [-0.15, -0.1) is 0 Å². The van der Waals surface area contributed by atoms with Crippen LogP contribution >= 0.6 is 11.6 Å². The van der Waals surface area contributed by atoms with Crippen LogP contribution in [0.15, 0.2) is 24.3 Å². The molecule has 2 heterocycles. The first-order valence-electron chi connectivity index (χ1n) is 8.65. The third-order valence-corrected chi connectivity index (χ3v) is 4.81. The van der Waals surface area contributed by atoms with Crippen LogP contribution in [0.5, 0.6) is 0 Å². The molecule has 1 aliphatic heterocycles. The summed E-state index contributed by atoms with van der Waals surface area (Å²) in [5, 5.41) is 4.46. The highest BCUT2D eigenvalue weighted by Gasteiger charge is 2.28. The van der Waals surface area contributed by atoms with Crippen LogP contribution in [-0.4, -0.2) is 45.6 Å². The van der Waals surface area contributed by atoms with Crippen molar-refractivity contribution in [3.05, 3.63) is 51.8 Å². The predicted octanol–water partition coefficient (Wildman–Crippen LogP) is 2.51. The number of halogens is 1. The van der Waals surface area contributed by atoms with Crippen LogP contribution in [0.1, 0.15) is 40.0 Å². The van der Waals surface area contributed by atoms with Gasteiger partial charge in [-0.1, -0.05) is 41.4 Å². The topological polar surface area (TPSA) is 81.5 Å². The van der Waals surface area contributed by atoms with Gasteiger partial charge in [0.15, 0.2) is 6.61 Å². The highest BCUT2D eigenvalue weighted by atomic mass is 35.5. The molecule has 2 aromatic rings. The molecule has 0 saturated carbocycles. The lowest BCUT2D eigenvalue weighted by Gasteiger charge is -2.13. The number of aromatic nitrogens is 2. The number of amides is 2. The number of likely N-dealkylation sites (tertiary alicyclic amines) is 1. The van der Waals surface area contributed by atoms with Gasteiger partial charge in [-0.05, 0) is 25.8 Å². The normalized spacial score (nSPS) is 13.9. The molecule has 7 nitrogen and oxygen atoms in total. The van der Waals surface area contributed by atoms with Gasteiger partial charge in [0.05, 0.1) is 12.2 Å². The average Bonchev–Trinajstić information content (AvgIpc) is 3.18. The molecule has 1 aromatic heterocycles. The lowest BCUT2D eigenvalue weighted by atomic mass is 10.1. The smallest absolute Gasteiger partial charge is 0.343 e. The minimum absolute atomic E-state index is 0.129. The first-order valence-corrected chi connectivity index (χ1v) is 9.03. The molecule has 0 N–H and O–H groups in total. The lowest BCUT2D eigenvalue weighted by molar-refractivity contribution is -0.143.